The van der Waals surface area contributed by atoms with Gasteiger partial charge in [-0.1, -0.05) is 0 Å². The summed E-state index contributed by atoms with van der Waals surface area (Å²) >= 11 is 0. The lowest BCUT2D eigenvalue weighted by Crippen LogP contribution is -2.23. The smallest absolute Gasteiger partial charge is 0.341 e. The summed E-state index contributed by atoms with van der Waals surface area (Å²) < 4.78 is 71.1. The lowest BCUT2D eigenvalue weighted by molar-refractivity contribution is 0.130. The van der Waals surface area contributed by atoms with E-state index >= 15 is 0 Å². The van der Waals surface area contributed by atoms with Crippen LogP contribution in [0.25, 0.3) is 0 Å². The molecule has 0 bridgehead atoms. The van der Waals surface area contributed by atoms with Crippen molar-refractivity contribution >= 4 is 15.5 Å². The second kappa shape index (κ2) is 5.55. The summed E-state index contributed by atoms with van der Waals surface area (Å²) in [5.74, 6) is -3.50. The lowest BCUT2D eigenvalue weighted by atomic mass is 10.3. The van der Waals surface area contributed by atoms with Crippen LogP contribution < -0.4 is 5.32 Å². The number of anilines is 1. The fraction of sp³-hybridized carbons (Fsp3) is 0.400. The molecule has 0 aromatic heterocycles. The molecule has 0 saturated heterocycles. The Morgan fingerprint density at radius 2 is 1.56 bits per heavy atom. The van der Waals surface area contributed by atoms with Crippen molar-refractivity contribution in [2.75, 3.05) is 5.32 Å². The topological polar surface area (TPSA) is 46.2 Å². The minimum atomic E-state index is -4.65. The molecule has 8 heteroatoms. The first-order valence-corrected chi connectivity index (χ1v) is 6.46. The van der Waals surface area contributed by atoms with Crippen molar-refractivity contribution in [1.82, 2.24) is 0 Å². The van der Waals surface area contributed by atoms with E-state index in [1.54, 1.807) is 0 Å². The first-order chi connectivity index (χ1) is 8.25. The molecular weight excluding hydrogens is 274 g/mol. The van der Waals surface area contributed by atoms with E-state index in [1.165, 1.54) is 6.92 Å². The third-order valence-corrected chi connectivity index (χ3v) is 3.59. The Hall–Kier alpha value is -1.31. The van der Waals surface area contributed by atoms with Crippen LogP contribution in [0, 0.1) is 0 Å². The number of alkyl halides is 4. The Morgan fingerprint density at radius 1 is 1.06 bits per heavy atom. The van der Waals surface area contributed by atoms with E-state index < -0.39 is 33.0 Å². The van der Waals surface area contributed by atoms with Crippen molar-refractivity contribution in [3.05, 3.63) is 24.3 Å². The fourth-order valence-electron chi connectivity index (χ4n) is 1.17. The molecule has 1 unspecified atom stereocenters. The molecule has 0 saturated carbocycles. The molecule has 1 rings (SSSR count). The van der Waals surface area contributed by atoms with E-state index in [0.29, 0.717) is 0 Å². The maximum Gasteiger partial charge on any atom is 0.341 e. The van der Waals surface area contributed by atoms with E-state index in [2.05, 4.69) is 5.32 Å². The summed E-state index contributed by atoms with van der Waals surface area (Å²) in [5.41, 5.74) is 0.232. The molecule has 102 valence electrons. The summed E-state index contributed by atoms with van der Waals surface area (Å²) in [6.07, 6.45) is -2.59. The van der Waals surface area contributed by atoms with Crippen molar-refractivity contribution in [1.29, 1.82) is 0 Å². The molecule has 0 aliphatic heterocycles. The van der Waals surface area contributed by atoms with Gasteiger partial charge in [0.05, 0.1) is 10.9 Å². The van der Waals surface area contributed by atoms with Crippen LogP contribution in [0.15, 0.2) is 29.2 Å². The van der Waals surface area contributed by atoms with Crippen molar-refractivity contribution in [3.63, 3.8) is 0 Å². The normalized spacial score (nSPS) is 13.9. The second-order valence-electron chi connectivity index (χ2n) is 3.60. The highest BCUT2D eigenvalue weighted by Crippen LogP contribution is 2.21. The molecule has 0 aliphatic carbocycles. The quantitative estimate of drug-likeness (QED) is 0.846. The average molecular weight is 285 g/mol. The number of halogens is 4. The Labute approximate surface area is 102 Å². The van der Waals surface area contributed by atoms with Gasteiger partial charge in [0.25, 0.3) is 6.43 Å². The van der Waals surface area contributed by atoms with Crippen molar-refractivity contribution in [3.8, 4) is 0 Å². The third kappa shape index (κ3) is 3.34. The number of nitrogens with one attached hydrogen (secondary N) is 1. The van der Waals surface area contributed by atoms with Crippen molar-refractivity contribution in [2.24, 2.45) is 0 Å². The Bertz CT molecular complexity index is 487. The number of hydrogen-bond acceptors (Lipinski definition) is 3. The van der Waals surface area contributed by atoms with Gasteiger partial charge in [-0.05, 0) is 31.2 Å². The minimum Gasteiger partial charge on any atom is -0.377 e. The van der Waals surface area contributed by atoms with Crippen LogP contribution in [0.1, 0.15) is 6.92 Å². The van der Waals surface area contributed by atoms with Crippen LogP contribution >= 0.6 is 0 Å². The molecule has 1 aromatic carbocycles. The summed E-state index contributed by atoms with van der Waals surface area (Å²) in [6.45, 7) is 1.24. The van der Waals surface area contributed by atoms with Gasteiger partial charge < -0.3 is 5.32 Å². The minimum absolute atomic E-state index is 0.232. The van der Waals surface area contributed by atoms with Gasteiger partial charge in [-0.3, -0.25) is 0 Å². The number of sulfone groups is 1. The van der Waals surface area contributed by atoms with Crippen LogP contribution in [-0.2, 0) is 9.84 Å². The number of hydrogen-bond donors (Lipinski definition) is 1. The van der Waals surface area contributed by atoms with Crippen LogP contribution in [0.3, 0.4) is 0 Å². The van der Waals surface area contributed by atoms with E-state index in [1.807, 2.05) is 0 Å². The maximum atomic E-state index is 12.2. The molecule has 18 heavy (non-hydrogen) atoms. The molecule has 0 amide bonds. The van der Waals surface area contributed by atoms with E-state index in [4.69, 9.17) is 0 Å². The van der Waals surface area contributed by atoms with Crippen LogP contribution in [-0.4, -0.2) is 26.6 Å². The predicted octanol–water partition coefficient (Wildman–Crippen LogP) is 2.75. The number of benzene rings is 1. The van der Waals surface area contributed by atoms with E-state index in [-0.39, 0.29) is 5.69 Å². The molecule has 0 aliphatic rings. The molecule has 0 heterocycles. The zero-order chi connectivity index (χ0) is 13.9. The monoisotopic (exact) mass is 285 g/mol. The highest BCUT2D eigenvalue weighted by molar-refractivity contribution is 7.91. The summed E-state index contributed by atoms with van der Waals surface area (Å²) in [5, 5.41) is 2.42. The first kappa shape index (κ1) is 14.7. The van der Waals surface area contributed by atoms with Gasteiger partial charge in [0.1, 0.15) is 0 Å². The van der Waals surface area contributed by atoms with E-state index in [9.17, 15) is 26.0 Å². The zero-order valence-electron chi connectivity index (χ0n) is 9.28. The van der Waals surface area contributed by atoms with Gasteiger partial charge in [0.15, 0.2) is 0 Å². The van der Waals surface area contributed by atoms with Crippen LogP contribution in [0.4, 0.5) is 23.2 Å². The van der Waals surface area contributed by atoms with E-state index in [0.717, 1.165) is 24.3 Å². The second-order valence-corrected chi connectivity index (χ2v) is 5.52. The van der Waals surface area contributed by atoms with Gasteiger partial charge in [-0.2, -0.15) is 8.78 Å². The number of rotatable bonds is 5. The van der Waals surface area contributed by atoms with Crippen LogP contribution in [0.5, 0.6) is 0 Å². The first-order valence-electron chi connectivity index (χ1n) is 4.92. The summed E-state index contributed by atoms with van der Waals surface area (Å²) in [6, 6.07) is 3.09. The molecular formula is C10H11F4NO2S. The van der Waals surface area contributed by atoms with Gasteiger partial charge >= 0.3 is 5.76 Å². The molecule has 1 atom stereocenters. The molecule has 0 fully saturated rings. The van der Waals surface area contributed by atoms with Gasteiger partial charge in [0, 0.05) is 5.69 Å². The molecule has 1 N–H and O–H groups in total. The standard InChI is InChI=1S/C10H11F4NO2S/c1-6(9(11)12)15-7-2-4-8(5-3-7)18(16,17)10(13)14/h2-6,9-10,15H,1H3. The van der Waals surface area contributed by atoms with Gasteiger partial charge in [-0.15, -0.1) is 0 Å². The highest BCUT2D eigenvalue weighted by Gasteiger charge is 2.26. The van der Waals surface area contributed by atoms with Crippen molar-refractivity contribution < 1.29 is 26.0 Å². The zero-order valence-corrected chi connectivity index (χ0v) is 10.1. The molecule has 0 radical (unpaired) electrons. The molecule has 0 spiro atoms. The Balaban J connectivity index is 2.88. The SMILES string of the molecule is CC(Nc1ccc(S(=O)(=O)C(F)F)cc1)C(F)F. The van der Waals surface area contributed by atoms with Gasteiger partial charge in [-0.25, -0.2) is 17.2 Å². The lowest BCUT2D eigenvalue weighted by Gasteiger charge is -2.14. The predicted molar refractivity (Wildman–Crippen MR) is 58.7 cm³/mol. The fourth-order valence-corrected chi connectivity index (χ4v) is 1.89. The summed E-state index contributed by atoms with van der Waals surface area (Å²) in [4.78, 5) is -0.548. The average Bonchev–Trinajstić information content (AvgIpc) is 2.29. The van der Waals surface area contributed by atoms with Gasteiger partial charge in [0.2, 0.25) is 9.84 Å². The largest absolute Gasteiger partial charge is 0.377 e. The Kier molecular flexibility index (Phi) is 4.55. The summed E-state index contributed by atoms with van der Waals surface area (Å²) in [7, 11) is -4.65. The van der Waals surface area contributed by atoms with Crippen LogP contribution in [0.2, 0.25) is 0 Å². The van der Waals surface area contributed by atoms with Crippen molar-refractivity contribution in [2.45, 2.75) is 30.0 Å². The molecule has 3 nitrogen and oxygen atoms in total. The maximum absolute atomic E-state index is 12.2. The third-order valence-electron chi connectivity index (χ3n) is 2.19. The Morgan fingerprint density at radius 3 is 1.94 bits per heavy atom. The highest BCUT2D eigenvalue weighted by atomic mass is 32.2. The molecule has 1 aromatic rings.